The molecule has 1 aromatic heterocycles. The van der Waals surface area contributed by atoms with Gasteiger partial charge in [0.2, 0.25) is 0 Å². The van der Waals surface area contributed by atoms with Crippen molar-refractivity contribution in [1.82, 2.24) is 9.55 Å². The zero-order valence-electron chi connectivity index (χ0n) is 13.2. The number of rotatable bonds is 5. The summed E-state index contributed by atoms with van der Waals surface area (Å²) in [5, 5.41) is 0. The van der Waals surface area contributed by atoms with Gasteiger partial charge in [0.05, 0.1) is 0 Å². The maximum atomic E-state index is 12.2. The summed E-state index contributed by atoms with van der Waals surface area (Å²) in [6, 6.07) is 8.54. The van der Waals surface area contributed by atoms with Crippen LogP contribution in [-0.4, -0.2) is 16.6 Å². The van der Waals surface area contributed by atoms with E-state index in [-0.39, 0.29) is 5.56 Å². The van der Waals surface area contributed by atoms with Crippen LogP contribution in [0.25, 0.3) is 0 Å². The molecule has 0 saturated heterocycles. The molecule has 0 unspecified atom stereocenters. The zero-order chi connectivity index (χ0) is 15.4. The molecule has 0 fully saturated rings. The first-order valence-corrected chi connectivity index (χ1v) is 7.38. The van der Waals surface area contributed by atoms with Crippen molar-refractivity contribution in [2.24, 2.45) is 0 Å². The summed E-state index contributed by atoms with van der Waals surface area (Å²) in [4.78, 5) is 18.4. The number of hydrogen-bond donors (Lipinski definition) is 0. The molecule has 4 heteroatoms. The van der Waals surface area contributed by atoms with Crippen LogP contribution in [0.1, 0.15) is 37.8 Å². The summed E-state index contributed by atoms with van der Waals surface area (Å²) < 4.78 is 1.67. The molecule has 0 spiro atoms. The summed E-state index contributed by atoms with van der Waals surface area (Å²) in [5.41, 5.74) is 2.46. The van der Waals surface area contributed by atoms with Crippen LogP contribution in [-0.2, 0) is 13.1 Å². The second-order valence-electron chi connectivity index (χ2n) is 5.59. The van der Waals surface area contributed by atoms with Crippen LogP contribution in [0.2, 0.25) is 0 Å². The van der Waals surface area contributed by atoms with Gasteiger partial charge in [-0.05, 0) is 24.0 Å². The Kier molecular flexibility index (Phi) is 4.78. The van der Waals surface area contributed by atoms with Crippen LogP contribution >= 0.6 is 0 Å². The Morgan fingerprint density at radius 2 is 1.90 bits per heavy atom. The summed E-state index contributed by atoms with van der Waals surface area (Å²) in [7, 11) is 1.90. The number of nitrogens with zero attached hydrogens (tertiary/aromatic N) is 3. The van der Waals surface area contributed by atoms with Crippen molar-refractivity contribution in [3.8, 4) is 0 Å². The lowest BCUT2D eigenvalue weighted by Crippen LogP contribution is -2.30. The Bertz CT molecular complexity index is 644. The van der Waals surface area contributed by atoms with Gasteiger partial charge in [0.1, 0.15) is 0 Å². The van der Waals surface area contributed by atoms with E-state index in [0.29, 0.717) is 24.8 Å². The predicted octanol–water partition coefficient (Wildman–Crippen LogP) is 3.02. The van der Waals surface area contributed by atoms with Crippen molar-refractivity contribution >= 4 is 5.82 Å². The predicted molar refractivity (Wildman–Crippen MR) is 86.8 cm³/mol. The van der Waals surface area contributed by atoms with Crippen LogP contribution in [0.4, 0.5) is 5.82 Å². The lowest BCUT2D eigenvalue weighted by atomic mass is 10.0. The fraction of sp³-hybridized carbons (Fsp3) is 0.412. The first-order chi connectivity index (χ1) is 10.0. The maximum Gasteiger partial charge on any atom is 0.293 e. The Labute approximate surface area is 126 Å². The quantitative estimate of drug-likeness (QED) is 0.847. The molecule has 0 atom stereocenters. The molecule has 2 rings (SSSR count). The standard InChI is InChI=1S/C17H23N3O/c1-5-20-11-10-18-16(17(20)21)19(4)12-14-6-8-15(9-7-14)13(2)3/h6-11,13H,5,12H2,1-4H3. The molecule has 2 aromatic rings. The van der Waals surface area contributed by atoms with Gasteiger partial charge in [-0.3, -0.25) is 4.79 Å². The SMILES string of the molecule is CCn1ccnc(N(C)Cc2ccc(C(C)C)cc2)c1=O. The molecule has 0 N–H and O–H groups in total. The fourth-order valence-corrected chi connectivity index (χ4v) is 2.30. The second kappa shape index (κ2) is 6.57. The molecule has 1 aromatic carbocycles. The minimum atomic E-state index is -0.0405. The highest BCUT2D eigenvalue weighted by atomic mass is 16.1. The molecular weight excluding hydrogens is 262 g/mol. The number of hydrogen-bond acceptors (Lipinski definition) is 3. The Morgan fingerprint density at radius 3 is 2.48 bits per heavy atom. The first-order valence-electron chi connectivity index (χ1n) is 7.38. The number of benzene rings is 1. The minimum Gasteiger partial charge on any atom is -0.351 e. The van der Waals surface area contributed by atoms with Gasteiger partial charge in [0, 0.05) is 32.5 Å². The van der Waals surface area contributed by atoms with Crippen molar-refractivity contribution in [3.63, 3.8) is 0 Å². The van der Waals surface area contributed by atoms with E-state index < -0.39 is 0 Å². The third-order valence-corrected chi connectivity index (χ3v) is 3.66. The van der Waals surface area contributed by atoms with Gasteiger partial charge < -0.3 is 9.47 Å². The van der Waals surface area contributed by atoms with E-state index in [0.717, 1.165) is 0 Å². The van der Waals surface area contributed by atoms with Gasteiger partial charge >= 0.3 is 0 Å². The zero-order valence-corrected chi connectivity index (χ0v) is 13.2. The molecule has 0 amide bonds. The number of aromatic nitrogens is 2. The Morgan fingerprint density at radius 1 is 1.24 bits per heavy atom. The van der Waals surface area contributed by atoms with Crippen LogP contribution < -0.4 is 10.5 Å². The van der Waals surface area contributed by atoms with E-state index in [1.54, 1.807) is 17.0 Å². The van der Waals surface area contributed by atoms with Gasteiger partial charge in [-0.15, -0.1) is 0 Å². The van der Waals surface area contributed by atoms with Gasteiger partial charge in [0.25, 0.3) is 5.56 Å². The summed E-state index contributed by atoms with van der Waals surface area (Å²) in [6.07, 6.45) is 3.40. The monoisotopic (exact) mass is 285 g/mol. The first kappa shape index (κ1) is 15.3. The van der Waals surface area contributed by atoms with Gasteiger partial charge in [-0.2, -0.15) is 0 Å². The van der Waals surface area contributed by atoms with E-state index in [1.807, 2.05) is 18.9 Å². The lowest BCUT2D eigenvalue weighted by molar-refractivity contribution is 0.708. The molecule has 112 valence electrons. The Hall–Kier alpha value is -2.10. The third kappa shape index (κ3) is 3.51. The number of aryl methyl sites for hydroxylation is 1. The van der Waals surface area contributed by atoms with Crippen LogP contribution in [0.3, 0.4) is 0 Å². The summed E-state index contributed by atoms with van der Waals surface area (Å²) in [5.74, 6) is 1.02. The minimum absolute atomic E-state index is 0.0405. The summed E-state index contributed by atoms with van der Waals surface area (Å²) >= 11 is 0. The van der Waals surface area contributed by atoms with E-state index in [9.17, 15) is 4.79 Å². The molecule has 0 aliphatic heterocycles. The average molecular weight is 285 g/mol. The van der Waals surface area contributed by atoms with Gasteiger partial charge in [-0.25, -0.2) is 4.98 Å². The van der Waals surface area contributed by atoms with E-state index in [1.165, 1.54) is 11.1 Å². The molecule has 0 radical (unpaired) electrons. The topological polar surface area (TPSA) is 38.1 Å². The Balaban J connectivity index is 2.18. The van der Waals surface area contributed by atoms with E-state index in [4.69, 9.17) is 0 Å². The van der Waals surface area contributed by atoms with Gasteiger partial charge in [-0.1, -0.05) is 38.1 Å². The van der Waals surface area contributed by atoms with Crippen molar-refractivity contribution < 1.29 is 0 Å². The van der Waals surface area contributed by atoms with Crippen LogP contribution in [0.15, 0.2) is 41.5 Å². The van der Waals surface area contributed by atoms with Crippen molar-refractivity contribution in [1.29, 1.82) is 0 Å². The second-order valence-corrected chi connectivity index (χ2v) is 5.59. The molecule has 0 bridgehead atoms. The molecule has 4 nitrogen and oxygen atoms in total. The normalized spacial score (nSPS) is 10.9. The fourth-order valence-electron chi connectivity index (χ4n) is 2.30. The summed E-state index contributed by atoms with van der Waals surface area (Å²) in [6.45, 7) is 7.65. The molecule has 0 aliphatic carbocycles. The van der Waals surface area contributed by atoms with Crippen molar-refractivity contribution in [2.75, 3.05) is 11.9 Å². The largest absolute Gasteiger partial charge is 0.351 e. The molecule has 21 heavy (non-hydrogen) atoms. The highest BCUT2D eigenvalue weighted by Crippen LogP contribution is 2.16. The van der Waals surface area contributed by atoms with E-state index in [2.05, 4.69) is 43.1 Å². The molecule has 1 heterocycles. The molecule has 0 saturated carbocycles. The highest BCUT2D eigenvalue weighted by molar-refractivity contribution is 5.36. The smallest absolute Gasteiger partial charge is 0.293 e. The average Bonchev–Trinajstić information content (AvgIpc) is 2.48. The lowest BCUT2D eigenvalue weighted by Gasteiger charge is -2.18. The van der Waals surface area contributed by atoms with E-state index >= 15 is 0 Å². The highest BCUT2D eigenvalue weighted by Gasteiger charge is 2.10. The third-order valence-electron chi connectivity index (χ3n) is 3.66. The molecular formula is C17H23N3O. The van der Waals surface area contributed by atoms with Crippen LogP contribution in [0, 0.1) is 0 Å². The number of anilines is 1. The maximum absolute atomic E-state index is 12.2. The molecule has 0 aliphatic rings. The van der Waals surface area contributed by atoms with Crippen molar-refractivity contribution in [3.05, 3.63) is 58.1 Å². The van der Waals surface area contributed by atoms with Crippen LogP contribution in [0.5, 0.6) is 0 Å². The van der Waals surface area contributed by atoms with Crippen molar-refractivity contribution in [2.45, 2.75) is 39.8 Å². The van der Waals surface area contributed by atoms with Gasteiger partial charge in [0.15, 0.2) is 5.82 Å².